The summed E-state index contributed by atoms with van der Waals surface area (Å²) in [6.45, 7) is 0.605. The number of amides is 1. The average molecular weight is 358 g/mol. The summed E-state index contributed by atoms with van der Waals surface area (Å²) in [6.07, 6.45) is 3.56. The molecular weight excluding hydrogens is 336 g/mol. The minimum Gasteiger partial charge on any atom is -0.352 e. The maximum atomic E-state index is 12.3. The Bertz CT molecular complexity index is 893. The summed E-state index contributed by atoms with van der Waals surface area (Å²) in [5.41, 5.74) is 3.04. The Morgan fingerprint density at radius 1 is 0.852 bits per heavy atom. The van der Waals surface area contributed by atoms with Crippen molar-refractivity contribution in [1.82, 2.24) is 10.3 Å². The zero-order valence-electron chi connectivity index (χ0n) is 15.1. The van der Waals surface area contributed by atoms with Gasteiger partial charge in [0.2, 0.25) is 0 Å². The molecule has 0 radical (unpaired) electrons. The summed E-state index contributed by atoms with van der Waals surface area (Å²) in [5, 5.41) is 2.93. The lowest BCUT2D eigenvalue weighted by atomic mass is 10.1. The number of pyridine rings is 1. The molecule has 0 unspecified atom stereocenters. The van der Waals surface area contributed by atoms with E-state index in [4.69, 9.17) is 0 Å². The number of benzene rings is 2. The fourth-order valence-corrected chi connectivity index (χ4v) is 2.85. The monoisotopic (exact) mass is 358 g/mol. The van der Waals surface area contributed by atoms with E-state index in [1.54, 1.807) is 30.5 Å². The third-order valence-electron chi connectivity index (χ3n) is 4.29. The molecule has 1 heterocycles. The Hall–Kier alpha value is -3.27. The lowest BCUT2D eigenvalue weighted by Gasteiger charge is -2.07. The standard InChI is InChI=1S/C23H22N2O2/c26-22(19-11-5-2-6-12-19)17-21-16-20(13-15-24-21)23(27)25-14-7-10-18-8-3-1-4-9-18/h1-6,8-9,11-13,15-16H,7,10,14,17H2,(H,25,27). The molecule has 4 heteroatoms. The van der Waals surface area contributed by atoms with Crippen LogP contribution in [0.15, 0.2) is 79.0 Å². The maximum Gasteiger partial charge on any atom is 0.251 e. The highest BCUT2D eigenvalue weighted by molar-refractivity contribution is 5.98. The number of aromatic nitrogens is 1. The van der Waals surface area contributed by atoms with Gasteiger partial charge in [0.15, 0.2) is 5.78 Å². The summed E-state index contributed by atoms with van der Waals surface area (Å²) in [7, 11) is 0. The molecule has 1 N–H and O–H groups in total. The largest absolute Gasteiger partial charge is 0.352 e. The van der Waals surface area contributed by atoms with Gasteiger partial charge in [-0.3, -0.25) is 14.6 Å². The Morgan fingerprint density at radius 3 is 2.30 bits per heavy atom. The highest BCUT2D eigenvalue weighted by atomic mass is 16.1. The SMILES string of the molecule is O=C(Cc1cc(C(=O)NCCCc2ccccc2)ccn1)c1ccccc1. The van der Waals surface area contributed by atoms with E-state index in [0.29, 0.717) is 23.4 Å². The van der Waals surface area contributed by atoms with Crippen molar-refractivity contribution in [2.24, 2.45) is 0 Å². The molecule has 3 aromatic rings. The van der Waals surface area contributed by atoms with Crippen molar-refractivity contribution in [3.63, 3.8) is 0 Å². The minimum atomic E-state index is -0.140. The molecule has 0 fully saturated rings. The van der Waals surface area contributed by atoms with Crippen molar-refractivity contribution in [3.8, 4) is 0 Å². The summed E-state index contributed by atoms with van der Waals surface area (Å²) >= 11 is 0. The molecule has 0 aliphatic carbocycles. The number of nitrogens with zero attached hydrogens (tertiary/aromatic N) is 1. The first-order valence-electron chi connectivity index (χ1n) is 9.07. The Balaban J connectivity index is 1.52. The first-order valence-corrected chi connectivity index (χ1v) is 9.07. The van der Waals surface area contributed by atoms with Crippen LogP contribution in [0.2, 0.25) is 0 Å². The molecular formula is C23H22N2O2. The maximum absolute atomic E-state index is 12.3. The minimum absolute atomic E-state index is 0.0106. The second-order valence-electron chi connectivity index (χ2n) is 6.35. The van der Waals surface area contributed by atoms with E-state index < -0.39 is 0 Å². The zero-order chi connectivity index (χ0) is 18.9. The first-order chi connectivity index (χ1) is 13.2. The third-order valence-corrected chi connectivity index (χ3v) is 4.29. The van der Waals surface area contributed by atoms with Crippen molar-refractivity contribution in [3.05, 3.63) is 101 Å². The van der Waals surface area contributed by atoms with E-state index in [0.717, 1.165) is 12.8 Å². The molecule has 3 rings (SSSR count). The number of Topliss-reactive ketones (excluding diaryl/α,β-unsaturated/α-hetero) is 1. The Kier molecular flexibility index (Phi) is 6.47. The zero-order valence-corrected chi connectivity index (χ0v) is 15.1. The topological polar surface area (TPSA) is 59.1 Å². The molecule has 1 aromatic heterocycles. The predicted octanol–water partition coefficient (Wildman–Crippen LogP) is 3.87. The van der Waals surface area contributed by atoms with E-state index in [-0.39, 0.29) is 18.1 Å². The van der Waals surface area contributed by atoms with Gasteiger partial charge in [0.05, 0.1) is 6.42 Å². The van der Waals surface area contributed by atoms with Gasteiger partial charge in [-0.15, -0.1) is 0 Å². The number of hydrogen-bond acceptors (Lipinski definition) is 3. The van der Waals surface area contributed by atoms with E-state index >= 15 is 0 Å². The third kappa shape index (κ3) is 5.61. The number of aryl methyl sites for hydroxylation is 1. The van der Waals surface area contributed by atoms with E-state index in [1.165, 1.54) is 5.56 Å². The van der Waals surface area contributed by atoms with Crippen LogP contribution in [0.3, 0.4) is 0 Å². The van der Waals surface area contributed by atoms with Crippen molar-refractivity contribution < 1.29 is 9.59 Å². The molecule has 0 aliphatic heterocycles. The van der Waals surface area contributed by atoms with Crippen LogP contribution in [0, 0.1) is 0 Å². The number of carbonyl (C=O) groups is 2. The van der Waals surface area contributed by atoms with Gasteiger partial charge in [0.25, 0.3) is 5.91 Å². The molecule has 2 aromatic carbocycles. The normalized spacial score (nSPS) is 10.4. The number of hydrogen-bond donors (Lipinski definition) is 1. The van der Waals surface area contributed by atoms with Crippen LogP contribution in [0.25, 0.3) is 0 Å². The number of ketones is 1. The Morgan fingerprint density at radius 2 is 1.56 bits per heavy atom. The molecule has 0 bridgehead atoms. The molecule has 0 aliphatic rings. The lowest BCUT2D eigenvalue weighted by molar-refractivity contribution is 0.0949. The fourth-order valence-electron chi connectivity index (χ4n) is 2.85. The van der Waals surface area contributed by atoms with Gasteiger partial charge in [-0.1, -0.05) is 60.7 Å². The van der Waals surface area contributed by atoms with E-state index in [9.17, 15) is 9.59 Å². The molecule has 0 saturated heterocycles. The van der Waals surface area contributed by atoms with Gasteiger partial charge in [0, 0.05) is 29.6 Å². The molecule has 0 atom stereocenters. The van der Waals surface area contributed by atoms with E-state index in [2.05, 4.69) is 22.4 Å². The van der Waals surface area contributed by atoms with Gasteiger partial charge in [-0.2, -0.15) is 0 Å². The van der Waals surface area contributed by atoms with Crippen LogP contribution in [-0.2, 0) is 12.8 Å². The molecule has 27 heavy (non-hydrogen) atoms. The molecule has 136 valence electrons. The lowest BCUT2D eigenvalue weighted by Crippen LogP contribution is -2.25. The van der Waals surface area contributed by atoms with E-state index in [1.807, 2.05) is 36.4 Å². The van der Waals surface area contributed by atoms with Crippen LogP contribution in [0.5, 0.6) is 0 Å². The van der Waals surface area contributed by atoms with Crippen LogP contribution < -0.4 is 5.32 Å². The van der Waals surface area contributed by atoms with Crippen molar-refractivity contribution in [2.45, 2.75) is 19.3 Å². The van der Waals surface area contributed by atoms with Crippen LogP contribution >= 0.6 is 0 Å². The predicted molar refractivity (Wildman–Crippen MR) is 106 cm³/mol. The summed E-state index contributed by atoms with van der Waals surface area (Å²) in [5.74, 6) is -0.151. The van der Waals surface area contributed by atoms with Crippen molar-refractivity contribution >= 4 is 11.7 Å². The van der Waals surface area contributed by atoms with Gasteiger partial charge in [-0.05, 0) is 30.5 Å². The molecule has 0 spiro atoms. The number of carbonyl (C=O) groups excluding carboxylic acids is 2. The van der Waals surface area contributed by atoms with Crippen LogP contribution in [-0.4, -0.2) is 23.2 Å². The summed E-state index contributed by atoms with van der Waals surface area (Å²) in [6, 6.07) is 22.7. The van der Waals surface area contributed by atoms with Gasteiger partial charge in [0.1, 0.15) is 0 Å². The average Bonchev–Trinajstić information content (AvgIpc) is 2.72. The summed E-state index contributed by atoms with van der Waals surface area (Å²) < 4.78 is 0. The van der Waals surface area contributed by atoms with Gasteiger partial charge < -0.3 is 5.32 Å². The highest BCUT2D eigenvalue weighted by Gasteiger charge is 2.10. The quantitative estimate of drug-likeness (QED) is 0.491. The van der Waals surface area contributed by atoms with Crippen LogP contribution in [0.1, 0.15) is 38.4 Å². The second kappa shape index (κ2) is 9.43. The first kappa shape index (κ1) is 18.5. The summed E-state index contributed by atoms with van der Waals surface area (Å²) in [4.78, 5) is 28.9. The second-order valence-corrected chi connectivity index (χ2v) is 6.35. The molecule has 4 nitrogen and oxygen atoms in total. The van der Waals surface area contributed by atoms with Gasteiger partial charge >= 0.3 is 0 Å². The van der Waals surface area contributed by atoms with Crippen molar-refractivity contribution in [2.75, 3.05) is 6.54 Å². The number of rotatable bonds is 8. The van der Waals surface area contributed by atoms with Crippen LogP contribution in [0.4, 0.5) is 0 Å². The number of nitrogens with one attached hydrogen (secondary N) is 1. The molecule has 0 saturated carbocycles. The smallest absolute Gasteiger partial charge is 0.251 e. The molecule has 1 amide bonds. The van der Waals surface area contributed by atoms with Gasteiger partial charge in [-0.25, -0.2) is 0 Å². The highest BCUT2D eigenvalue weighted by Crippen LogP contribution is 2.08. The fraction of sp³-hybridized carbons (Fsp3) is 0.174. The Labute approximate surface area is 159 Å². The van der Waals surface area contributed by atoms with Crippen molar-refractivity contribution in [1.29, 1.82) is 0 Å².